The highest BCUT2D eigenvalue weighted by molar-refractivity contribution is 6.04. The van der Waals surface area contributed by atoms with Gasteiger partial charge >= 0.3 is 0 Å². The van der Waals surface area contributed by atoms with Crippen LogP contribution >= 0.6 is 0 Å². The number of fused-ring (bicyclic) bond motifs is 1. The van der Waals surface area contributed by atoms with Crippen molar-refractivity contribution < 1.29 is 14.0 Å². The summed E-state index contributed by atoms with van der Waals surface area (Å²) in [6.07, 6.45) is 2.51. The van der Waals surface area contributed by atoms with Crippen LogP contribution in [-0.4, -0.2) is 28.8 Å². The molecule has 5 heteroatoms. The second kappa shape index (κ2) is 4.56. The van der Waals surface area contributed by atoms with Crippen molar-refractivity contribution in [1.29, 1.82) is 0 Å². The molecule has 1 heterocycles. The van der Waals surface area contributed by atoms with E-state index in [0.717, 1.165) is 19.3 Å². The molecule has 0 radical (unpaired) electrons. The molecule has 2 saturated carbocycles. The highest BCUT2D eigenvalue weighted by atomic mass is 19.1. The molecule has 122 valence electrons. The number of amides is 2. The van der Waals surface area contributed by atoms with Crippen molar-refractivity contribution in [3.05, 3.63) is 30.1 Å². The first-order valence-electron chi connectivity index (χ1n) is 8.23. The van der Waals surface area contributed by atoms with E-state index >= 15 is 0 Å². The Bertz CT molecular complexity index is 702. The van der Waals surface area contributed by atoms with Crippen LogP contribution in [-0.2, 0) is 9.59 Å². The van der Waals surface area contributed by atoms with Gasteiger partial charge in [-0.25, -0.2) is 4.39 Å². The van der Waals surface area contributed by atoms with E-state index in [-0.39, 0.29) is 34.9 Å². The van der Waals surface area contributed by atoms with Gasteiger partial charge in [-0.3, -0.25) is 9.59 Å². The number of anilines is 1. The van der Waals surface area contributed by atoms with Gasteiger partial charge in [0.1, 0.15) is 11.4 Å². The third kappa shape index (κ3) is 2.17. The Morgan fingerprint density at radius 3 is 2.65 bits per heavy atom. The van der Waals surface area contributed by atoms with E-state index < -0.39 is 5.54 Å². The van der Waals surface area contributed by atoms with E-state index in [4.69, 9.17) is 0 Å². The molecule has 1 aromatic rings. The van der Waals surface area contributed by atoms with Crippen LogP contribution in [0.1, 0.15) is 33.1 Å². The van der Waals surface area contributed by atoms with Crippen LogP contribution < -0.4 is 5.32 Å². The van der Waals surface area contributed by atoms with Gasteiger partial charge in [0.2, 0.25) is 5.91 Å². The van der Waals surface area contributed by atoms with E-state index in [1.807, 2.05) is 0 Å². The zero-order chi connectivity index (χ0) is 16.4. The summed E-state index contributed by atoms with van der Waals surface area (Å²) in [5.74, 6) is -0.143. The summed E-state index contributed by atoms with van der Waals surface area (Å²) in [4.78, 5) is 27.3. The molecule has 1 aromatic carbocycles. The molecule has 4 nitrogen and oxygen atoms in total. The normalized spacial score (nSPS) is 33.1. The Hall–Kier alpha value is -1.91. The van der Waals surface area contributed by atoms with Crippen molar-refractivity contribution in [1.82, 2.24) is 4.90 Å². The Labute approximate surface area is 135 Å². The van der Waals surface area contributed by atoms with Gasteiger partial charge in [0.25, 0.3) is 5.91 Å². The maximum atomic E-state index is 13.3. The van der Waals surface area contributed by atoms with Gasteiger partial charge in [-0.05, 0) is 48.8 Å². The van der Waals surface area contributed by atoms with E-state index in [2.05, 4.69) is 19.2 Å². The molecule has 1 saturated heterocycles. The lowest BCUT2D eigenvalue weighted by molar-refractivity contribution is -0.140. The van der Waals surface area contributed by atoms with Crippen LogP contribution in [0.3, 0.4) is 0 Å². The largest absolute Gasteiger partial charge is 0.327 e. The predicted molar refractivity (Wildman–Crippen MR) is 84.1 cm³/mol. The number of hydrogen-bond acceptors (Lipinski definition) is 2. The first kappa shape index (κ1) is 14.7. The third-order valence-electron chi connectivity index (χ3n) is 5.81. The number of piperidine rings is 1. The highest BCUT2D eigenvalue weighted by Crippen LogP contribution is 2.60. The van der Waals surface area contributed by atoms with Crippen LogP contribution in [0.2, 0.25) is 0 Å². The van der Waals surface area contributed by atoms with E-state index in [9.17, 15) is 14.0 Å². The molecular formula is C18H21FN2O2. The number of carbonyl (C=O) groups excluding carboxylic acids is 2. The minimum absolute atomic E-state index is 0.0423. The number of rotatable bonds is 3. The number of halogens is 1. The summed E-state index contributed by atoms with van der Waals surface area (Å²) in [6.45, 7) is 4.84. The van der Waals surface area contributed by atoms with Crippen LogP contribution in [0, 0.1) is 23.1 Å². The minimum Gasteiger partial charge on any atom is -0.327 e. The van der Waals surface area contributed by atoms with E-state index in [1.54, 1.807) is 17.0 Å². The number of hydrogen-bond donors (Lipinski definition) is 1. The number of nitrogens with zero attached hydrogens (tertiary/aromatic N) is 1. The lowest BCUT2D eigenvalue weighted by Gasteiger charge is -2.28. The number of likely N-dealkylation sites (tertiary alicyclic amines) is 1. The van der Waals surface area contributed by atoms with Crippen LogP contribution in [0.4, 0.5) is 10.1 Å². The fourth-order valence-corrected chi connectivity index (χ4v) is 4.06. The highest BCUT2D eigenvalue weighted by Gasteiger charge is 2.70. The molecule has 1 N–H and O–H groups in total. The first-order valence-corrected chi connectivity index (χ1v) is 8.23. The zero-order valence-electron chi connectivity index (χ0n) is 13.4. The van der Waals surface area contributed by atoms with Gasteiger partial charge in [0.15, 0.2) is 0 Å². The number of carbonyl (C=O) groups is 2. The third-order valence-corrected chi connectivity index (χ3v) is 5.81. The van der Waals surface area contributed by atoms with Crippen LogP contribution in [0.15, 0.2) is 24.3 Å². The summed E-state index contributed by atoms with van der Waals surface area (Å²) in [7, 11) is 0. The molecule has 23 heavy (non-hydrogen) atoms. The Balaban J connectivity index is 1.53. The van der Waals surface area contributed by atoms with Gasteiger partial charge in [0.05, 0.1) is 0 Å². The van der Waals surface area contributed by atoms with Crippen LogP contribution in [0.25, 0.3) is 0 Å². The molecule has 4 rings (SSSR count). The molecule has 0 bridgehead atoms. The van der Waals surface area contributed by atoms with Crippen molar-refractivity contribution >= 4 is 17.5 Å². The topological polar surface area (TPSA) is 49.4 Å². The maximum absolute atomic E-state index is 13.3. The monoisotopic (exact) mass is 316 g/mol. The Morgan fingerprint density at radius 1 is 1.30 bits per heavy atom. The van der Waals surface area contributed by atoms with E-state index in [1.165, 1.54) is 12.1 Å². The fraction of sp³-hybridized carbons (Fsp3) is 0.556. The van der Waals surface area contributed by atoms with Gasteiger partial charge in [-0.1, -0.05) is 19.9 Å². The lowest BCUT2D eigenvalue weighted by Crippen LogP contribution is -2.48. The predicted octanol–water partition coefficient (Wildman–Crippen LogP) is 2.80. The Morgan fingerprint density at radius 2 is 2.04 bits per heavy atom. The maximum Gasteiger partial charge on any atom is 0.250 e. The Kier molecular flexibility index (Phi) is 2.91. The number of nitrogens with one attached hydrogen (secondary N) is 1. The molecule has 3 atom stereocenters. The molecule has 3 unspecified atom stereocenters. The van der Waals surface area contributed by atoms with Crippen molar-refractivity contribution in [2.75, 3.05) is 11.9 Å². The molecular weight excluding hydrogens is 295 g/mol. The SMILES string of the molecule is CC1(C)CC1C(=O)N1CCC2CC21C(=O)Nc1cccc(F)c1. The molecule has 0 spiro atoms. The lowest BCUT2D eigenvalue weighted by atomic mass is 10.1. The minimum atomic E-state index is -0.692. The molecule has 2 aliphatic carbocycles. The van der Waals surface area contributed by atoms with Gasteiger partial charge < -0.3 is 10.2 Å². The second-order valence-corrected chi connectivity index (χ2v) is 7.81. The van der Waals surface area contributed by atoms with Gasteiger partial charge in [-0.2, -0.15) is 0 Å². The molecule has 3 aliphatic rings. The van der Waals surface area contributed by atoms with Crippen molar-refractivity contribution in [3.8, 4) is 0 Å². The smallest absolute Gasteiger partial charge is 0.250 e. The van der Waals surface area contributed by atoms with Crippen LogP contribution in [0.5, 0.6) is 0 Å². The average molecular weight is 316 g/mol. The summed E-state index contributed by atoms with van der Waals surface area (Å²) >= 11 is 0. The molecule has 1 aliphatic heterocycles. The van der Waals surface area contributed by atoms with Crippen molar-refractivity contribution in [2.24, 2.45) is 17.3 Å². The molecule has 2 amide bonds. The van der Waals surface area contributed by atoms with Crippen molar-refractivity contribution in [2.45, 2.75) is 38.6 Å². The zero-order valence-corrected chi connectivity index (χ0v) is 13.4. The second-order valence-electron chi connectivity index (χ2n) is 7.81. The summed E-state index contributed by atoms with van der Waals surface area (Å²) in [5, 5.41) is 2.80. The standard InChI is InChI=1S/C18H21FN2O2/c1-17(2)10-14(17)15(22)21-7-6-11-9-18(11,21)16(23)20-13-5-3-4-12(19)8-13/h3-5,8,11,14H,6-7,9-10H2,1-2H3,(H,20,23). The number of benzene rings is 1. The first-order chi connectivity index (χ1) is 10.8. The van der Waals surface area contributed by atoms with Crippen molar-refractivity contribution in [3.63, 3.8) is 0 Å². The summed E-state index contributed by atoms with van der Waals surface area (Å²) in [5.41, 5.74) is -0.187. The van der Waals surface area contributed by atoms with E-state index in [0.29, 0.717) is 12.2 Å². The fourth-order valence-electron chi connectivity index (χ4n) is 4.06. The summed E-state index contributed by atoms with van der Waals surface area (Å²) in [6, 6.07) is 5.88. The molecule has 0 aromatic heterocycles. The quantitative estimate of drug-likeness (QED) is 0.932. The average Bonchev–Trinajstić information content (AvgIpc) is 3.33. The summed E-state index contributed by atoms with van der Waals surface area (Å²) < 4.78 is 13.3. The van der Waals surface area contributed by atoms with Gasteiger partial charge in [0, 0.05) is 18.2 Å². The molecule has 3 fully saturated rings. The van der Waals surface area contributed by atoms with Gasteiger partial charge in [-0.15, -0.1) is 0 Å².